The third-order valence-corrected chi connectivity index (χ3v) is 4.43. The van der Waals surface area contributed by atoms with Crippen molar-refractivity contribution in [1.82, 2.24) is 9.38 Å². The second-order valence-electron chi connectivity index (χ2n) is 6.07. The van der Waals surface area contributed by atoms with E-state index < -0.39 is 0 Å². The van der Waals surface area contributed by atoms with E-state index in [2.05, 4.69) is 15.6 Å². The first-order valence-electron chi connectivity index (χ1n) is 8.50. The minimum absolute atomic E-state index is 0.288. The van der Waals surface area contributed by atoms with Crippen LogP contribution in [0.2, 0.25) is 5.02 Å². The molecule has 2 N–H and O–H groups in total. The summed E-state index contributed by atoms with van der Waals surface area (Å²) in [7, 11) is 0. The highest BCUT2D eigenvalue weighted by atomic mass is 35.5. The lowest BCUT2D eigenvalue weighted by molar-refractivity contribution is 0.101. The molecule has 2 aromatic carbocycles. The topological polar surface area (TPSA) is 75.5 Å². The lowest BCUT2D eigenvalue weighted by atomic mass is 10.2. The fourth-order valence-electron chi connectivity index (χ4n) is 2.75. The molecule has 7 heteroatoms. The Balaban J connectivity index is 1.54. The number of amides is 2. The van der Waals surface area contributed by atoms with Gasteiger partial charge in [0.25, 0.3) is 11.8 Å². The summed E-state index contributed by atoms with van der Waals surface area (Å²) in [5.74, 6) is -0.581. The van der Waals surface area contributed by atoms with Gasteiger partial charge in [-0.15, -0.1) is 0 Å². The molecule has 0 unspecified atom stereocenters. The molecule has 28 heavy (non-hydrogen) atoms. The van der Waals surface area contributed by atoms with Crippen LogP contribution >= 0.6 is 11.6 Å². The van der Waals surface area contributed by atoms with Crippen LogP contribution < -0.4 is 10.6 Å². The maximum Gasteiger partial charge on any atom is 0.257 e. The fraction of sp³-hybridized carbons (Fsp3) is 0. The minimum Gasteiger partial charge on any atom is -0.320 e. The maximum absolute atomic E-state index is 12.7. The summed E-state index contributed by atoms with van der Waals surface area (Å²) in [4.78, 5) is 29.3. The molecular formula is C21H15ClN4O2. The van der Waals surface area contributed by atoms with Gasteiger partial charge in [-0.05, 0) is 48.5 Å². The van der Waals surface area contributed by atoms with Crippen LogP contribution in [0.1, 0.15) is 20.7 Å². The van der Waals surface area contributed by atoms with Crippen molar-refractivity contribution in [2.75, 3.05) is 10.6 Å². The van der Waals surface area contributed by atoms with Crippen LogP contribution in [0.4, 0.5) is 11.4 Å². The van der Waals surface area contributed by atoms with Crippen molar-refractivity contribution in [3.8, 4) is 0 Å². The zero-order chi connectivity index (χ0) is 19.5. The van der Waals surface area contributed by atoms with E-state index >= 15 is 0 Å². The van der Waals surface area contributed by atoms with Crippen LogP contribution in [0.15, 0.2) is 79.3 Å². The van der Waals surface area contributed by atoms with Crippen molar-refractivity contribution < 1.29 is 9.59 Å². The smallest absolute Gasteiger partial charge is 0.257 e. The van der Waals surface area contributed by atoms with E-state index in [9.17, 15) is 9.59 Å². The number of rotatable bonds is 4. The molecule has 0 aliphatic heterocycles. The van der Waals surface area contributed by atoms with Gasteiger partial charge in [0, 0.05) is 29.2 Å². The molecule has 0 atom stereocenters. The van der Waals surface area contributed by atoms with Crippen molar-refractivity contribution >= 4 is 40.4 Å². The summed E-state index contributed by atoms with van der Waals surface area (Å²) in [6, 6.07) is 17.1. The predicted molar refractivity (Wildman–Crippen MR) is 109 cm³/mol. The van der Waals surface area contributed by atoms with Gasteiger partial charge in [-0.2, -0.15) is 0 Å². The number of hydrogen-bond donors (Lipinski definition) is 2. The molecule has 2 aromatic heterocycles. The Morgan fingerprint density at radius 1 is 0.821 bits per heavy atom. The summed E-state index contributed by atoms with van der Waals surface area (Å²) < 4.78 is 1.77. The molecule has 4 rings (SSSR count). The van der Waals surface area contributed by atoms with E-state index in [0.29, 0.717) is 27.5 Å². The molecule has 0 saturated heterocycles. The van der Waals surface area contributed by atoms with E-state index in [1.165, 1.54) is 0 Å². The lowest BCUT2D eigenvalue weighted by Gasteiger charge is -2.12. The number of para-hydroxylation sites is 2. The number of carbonyl (C=O) groups is 2. The van der Waals surface area contributed by atoms with E-state index in [0.717, 1.165) is 5.65 Å². The van der Waals surface area contributed by atoms with Gasteiger partial charge in [0.1, 0.15) is 5.65 Å². The zero-order valence-electron chi connectivity index (χ0n) is 14.6. The highest BCUT2D eigenvalue weighted by molar-refractivity contribution is 6.30. The van der Waals surface area contributed by atoms with Crippen LogP contribution in [0.3, 0.4) is 0 Å². The monoisotopic (exact) mass is 390 g/mol. The zero-order valence-corrected chi connectivity index (χ0v) is 15.4. The number of nitrogens with zero attached hydrogens (tertiary/aromatic N) is 2. The molecule has 0 fully saturated rings. The number of aromatic nitrogens is 2. The maximum atomic E-state index is 12.7. The number of pyridine rings is 1. The molecule has 0 saturated carbocycles. The van der Waals surface area contributed by atoms with E-state index in [-0.39, 0.29) is 11.8 Å². The molecule has 4 aromatic rings. The van der Waals surface area contributed by atoms with Crippen molar-refractivity contribution in [3.63, 3.8) is 0 Å². The first-order valence-corrected chi connectivity index (χ1v) is 8.88. The summed E-state index contributed by atoms with van der Waals surface area (Å²) in [6.07, 6.45) is 5.14. The number of anilines is 2. The lowest BCUT2D eigenvalue weighted by Crippen LogP contribution is -2.17. The van der Waals surface area contributed by atoms with Crippen LogP contribution in [0.5, 0.6) is 0 Å². The molecule has 138 valence electrons. The van der Waals surface area contributed by atoms with E-state index in [1.54, 1.807) is 83.7 Å². The van der Waals surface area contributed by atoms with Crippen LogP contribution in [0.25, 0.3) is 5.65 Å². The first kappa shape index (κ1) is 17.8. The van der Waals surface area contributed by atoms with Crippen LogP contribution in [-0.2, 0) is 0 Å². The number of hydrogen-bond acceptors (Lipinski definition) is 3. The summed E-state index contributed by atoms with van der Waals surface area (Å²) in [5, 5.41) is 6.21. The van der Waals surface area contributed by atoms with Gasteiger partial charge in [0.05, 0.1) is 16.9 Å². The number of nitrogens with one attached hydrogen (secondary N) is 2. The number of imidazole rings is 1. The van der Waals surface area contributed by atoms with Crippen molar-refractivity contribution in [1.29, 1.82) is 0 Å². The average molecular weight is 391 g/mol. The molecular weight excluding hydrogens is 376 g/mol. The highest BCUT2D eigenvalue weighted by Crippen LogP contribution is 2.23. The highest BCUT2D eigenvalue weighted by Gasteiger charge is 2.13. The third-order valence-electron chi connectivity index (χ3n) is 4.18. The third kappa shape index (κ3) is 3.72. The van der Waals surface area contributed by atoms with Crippen LogP contribution in [0, 0.1) is 0 Å². The van der Waals surface area contributed by atoms with Gasteiger partial charge in [-0.1, -0.05) is 23.7 Å². The number of halogens is 1. The number of carbonyl (C=O) groups excluding carboxylic acids is 2. The predicted octanol–water partition coefficient (Wildman–Crippen LogP) is 4.49. The quantitative estimate of drug-likeness (QED) is 0.539. The Morgan fingerprint density at radius 3 is 2.11 bits per heavy atom. The summed E-state index contributed by atoms with van der Waals surface area (Å²) in [6.45, 7) is 0. The molecule has 0 aliphatic rings. The molecule has 2 amide bonds. The Labute approximate surface area is 165 Å². The first-order chi connectivity index (χ1) is 13.6. The van der Waals surface area contributed by atoms with Gasteiger partial charge < -0.3 is 15.0 Å². The Bertz CT molecular complexity index is 1170. The molecule has 0 spiro atoms. The molecule has 0 aliphatic carbocycles. The van der Waals surface area contributed by atoms with Crippen LogP contribution in [-0.4, -0.2) is 21.2 Å². The Morgan fingerprint density at radius 2 is 1.43 bits per heavy atom. The Kier molecular flexibility index (Phi) is 4.78. The van der Waals surface area contributed by atoms with Crippen molar-refractivity contribution in [2.45, 2.75) is 0 Å². The molecule has 6 nitrogen and oxygen atoms in total. The van der Waals surface area contributed by atoms with E-state index in [4.69, 9.17) is 11.6 Å². The largest absolute Gasteiger partial charge is 0.320 e. The minimum atomic E-state index is -0.293. The Hall–Kier alpha value is -3.64. The second-order valence-corrected chi connectivity index (χ2v) is 6.51. The molecule has 0 bridgehead atoms. The average Bonchev–Trinajstić information content (AvgIpc) is 3.17. The number of benzene rings is 2. The van der Waals surface area contributed by atoms with Gasteiger partial charge in [0.2, 0.25) is 0 Å². The second kappa shape index (κ2) is 7.54. The van der Waals surface area contributed by atoms with Gasteiger partial charge in [-0.3, -0.25) is 9.59 Å². The normalized spacial score (nSPS) is 10.6. The molecule has 0 radical (unpaired) electrons. The molecule has 2 heterocycles. The van der Waals surface area contributed by atoms with Crippen molar-refractivity contribution in [3.05, 3.63) is 95.4 Å². The number of fused-ring (bicyclic) bond motifs is 1. The van der Waals surface area contributed by atoms with Gasteiger partial charge >= 0.3 is 0 Å². The summed E-state index contributed by atoms with van der Waals surface area (Å²) >= 11 is 5.86. The summed E-state index contributed by atoms with van der Waals surface area (Å²) in [5.41, 5.74) is 2.70. The van der Waals surface area contributed by atoms with Gasteiger partial charge in [0.15, 0.2) is 0 Å². The van der Waals surface area contributed by atoms with E-state index in [1.807, 2.05) is 0 Å². The standard InChI is InChI=1S/C21H15ClN4O2/c22-16-8-5-14(6-9-16)20(27)24-17-3-1-2-4-18(17)25-21(28)15-7-10-19-23-11-12-26(19)13-15/h1-13H,(H,24,27)(H,25,28). The SMILES string of the molecule is O=C(Nc1ccccc1NC(=O)c1ccc2nccn2c1)c1ccc(Cl)cc1. The van der Waals surface area contributed by atoms with Gasteiger partial charge in [-0.25, -0.2) is 4.98 Å². The van der Waals surface area contributed by atoms with Crippen molar-refractivity contribution in [2.24, 2.45) is 0 Å². The fourth-order valence-corrected chi connectivity index (χ4v) is 2.87.